The normalized spacial score (nSPS) is 9.20. The number of nitrogen functional groups attached to an aromatic ring is 1. The van der Waals surface area contributed by atoms with Gasteiger partial charge in [0, 0.05) is 11.3 Å². The summed E-state index contributed by atoms with van der Waals surface area (Å²) in [5.41, 5.74) is 7.42. The largest absolute Gasteiger partial charge is 1.00 e. The number of carbonyl (C=O) groups excluding carboxylic acids is 2. The van der Waals surface area contributed by atoms with Crippen LogP contribution in [0.5, 0.6) is 0 Å². The van der Waals surface area contributed by atoms with E-state index in [9.17, 15) is 14.7 Å². The number of Topliss-reactive ketones (excluding diaryl/α,β-unsaturated/α-hetero) is 1. The first-order chi connectivity index (χ1) is 6.43. The third-order valence-electron chi connectivity index (χ3n) is 2.10. The number of nitrogens with two attached hydrogens (primary N) is 1. The summed E-state index contributed by atoms with van der Waals surface area (Å²) in [5.74, 6) is -2.81. The third-order valence-corrected chi connectivity index (χ3v) is 2.10. The van der Waals surface area contributed by atoms with Crippen molar-refractivity contribution in [1.29, 1.82) is 0 Å². The molecule has 5 heteroatoms. The molecule has 0 atom stereocenters. The second kappa shape index (κ2) is 5.76. The molecule has 0 aliphatic heterocycles. The summed E-state index contributed by atoms with van der Waals surface area (Å²) >= 11 is 0. The van der Waals surface area contributed by atoms with E-state index in [4.69, 9.17) is 5.73 Å². The summed E-state index contributed by atoms with van der Waals surface area (Å²) in [6, 6.07) is 3.04. The molecule has 0 fully saturated rings. The van der Waals surface area contributed by atoms with Gasteiger partial charge in [0.15, 0.2) is 0 Å². The van der Waals surface area contributed by atoms with Gasteiger partial charge in [0.1, 0.15) is 5.97 Å². The Morgan fingerprint density at radius 2 is 1.67 bits per heavy atom. The van der Waals surface area contributed by atoms with Gasteiger partial charge in [-0.25, -0.2) is 0 Å². The minimum atomic E-state index is -1.74. The van der Waals surface area contributed by atoms with E-state index in [1.165, 1.54) is 6.07 Å². The molecule has 1 rings (SSSR count). The Hall–Kier alpha value is -0.204. The second-order valence-corrected chi connectivity index (χ2v) is 3.14. The van der Waals surface area contributed by atoms with Crippen molar-refractivity contribution in [3.8, 4) is 0 Å². The second-order valence-electron chi connectivity index (χ2n) is 3.14. The molecule has 2 N–H and O–H groups in total. The van der Waals surface area contributed by atoms with Crippen molar-refractivity contribution in [2.45, 2.75) is 13.8 Å². The molecular weight excluding hydrogens is 221 g/mol. The van der Waals surface area contributed by atoms with Gasteiger partial charge in [0.25, 0.3) is 0 Å². The first kappa shape index (κ1) is 14.8. The smallest absolute Gasteiger partial charge is 0.541 e. The first-order valence-corrected chi connectivity index (χ1v) is 4.06. The molecule has 0 saturated heterocycles. The number of ketones is 1. The Morgan fingerprint density at radius 3 is 2.13 bits per heavy atom. The predicted molar refractivity (Wildman–Crippen MR) is 49.7 cm³/mol. The number of hydrogen-bond acceptors (Lipinski definition) is 4. The maximum absolute atomic E-state index is 11.1. The monoisotopic (exact) mass is 231 g/mol. The maximum atomic E-state index is 11.1. The zero-order valence-electron chi connectivity index (χ0n) is 8.96. The molecule has 1 aromatic carbocycles. The van der Waals surface area contributed by atoms with Crippen LogP contribution in [0.15, 0.2) is 12.1 Å². The van der Waals surface area contributed by atoms with E-state index in [0.29, 0.717) is 0 Å². The molecule has 15 heavy (non-hydrogen) atoms. The Bertz CT molecular complexity index is 415. The van der Waals surface area contributed by atoms with E-state index in [-0.39, 0.29) is 62.6 Å². The molecule has 74 valence electrons. The molecule has 0 spiro atoms. The zero-order valence-corrected chi connectivity index (χ0v) is 12.1. The van der Waals surface area contributed by atoms with Gasteiger partial charge < -0.3 is 15.6 Å². The van der Waals surface area contributed by atoms with Crippen LogP contribution in [0.1, 0.15) is 21.5 Å². The number of rotatable bonds is 2. The fraction of sp³-hybridized carbons (Fsp3) is 0.200. The van der Waals surface area contributed by atoms with E-state index >= 15 is 0 Å². The van der Waals surface area contributed by atoms with Crippen molar-refractivity contribution in [3.05, 3.63) is 28.8 Å². The van der Waals surface area contributed by atoms with Gasteiger partial charge in [-0.1, -0.05) is 0 Å². The van der Waals surface area contributed by atoms with Gasteiger partial charge in [-0.3, -0.25) is 4.79 Å². The number of anilines is 1. The molecule has 0 amide bonds. The Labute approximate surface area is 130 Å². The van der Waals surface area contributed by atoms with Gasteiger partial charge in [-0.2, -0.15) is 0 Å². The minimum Gasteiger partial charge on any atom is -0.541 e. The molecule has 0 unspecified atom stereocenters. The van der Waals surface area contributed by atoms with Crippen molar-refractivity contribution in [2.75, 3.05) is 5.73 Å². The Morgan fingerprint density at radius 1 is 1.20 bits per heavy atom. The van der Waals surface area contributed by atoms with Crippen LogP contribution >= 0.6 is 0 Å². The summed E-state index contributed by atoms with van der Waals surface area (Å²) in [6.07, 6.45) is 0. The average Bonchev–Trinajstić information content (AvgIpc) is 2.10. The number of carboxylic acid groups (broad SMARTS) is 1. The van der Waals surface area contributed by atoms with Crippen molar-refractivity contribution in [3.63, 3.8) is 0 Å². The fourth-order valence-electron chi connectivity index (χ4n) is 1.15. The predicted octanol–water partition coefficient (Wildman–Crippen LogP) is -3.18. The summed E-state index contributed by atoms with van der Waals surface area (Å²) in [5, 5.41) is 10.3. The fourth-order valence-corrected chi connectivity index (χ4v) is 1.15. The topological polar surface area (TPSA) is 83.2 Å². The van der Waals surface area contributed by atoms with Gasteiger partial charge in [-0.15, -0.1) is 0 Å². The number of carbonyl (C=O) groups is 2. The van der Waals surface area contributed by atoms with E-state index < -0.39 is 11.8 Å². The average molecular weight is 231 g/mol. The van der Waals surface area contributed by atoms with Crippen LogP contribution in [0.2, 0.25) is 0 Å². The molecule has 0 saturated carbocycles. The summed E-state index contributed by atoms with van der Waals surface area (Å²) < 4.78 is 0. The third kappa shape index (κ3) is 3.39. The van der Waals surface area contributed by atoms with Gasteiger partial charge in [-0.05, 0) is 37.1 Å². The molecular formula is C10H10KNO3. The standard InChI is InChI=1S/C10H11NO3.K/c1-5-3-7(9(12)10(13)14)8(11)4-6(5)2;/h3-4H,11H2,1-2H3,(H,13,14);/q;+1/p-1. The van der Waals surface area contributed by atoms with E-state index in [1.54, 1.807) is 13.0 Å². The Kier molecular flexibility index (Phi) is 5.69. The van der Waals surface area contributed by atoms with Crippen molar-refractivity contribution < 1.29 is 66.1 Å². The van der Waals surface area contributed by atoms with Crippen LogP contribution in [0.4, 0.5) is 5.69 Å². The quantitative estimate of drug-likeness (QED) is 0.252. The molecule has 0 aliphatic rings. The van der Waals surface area contributed by atoms with Crippen LogP contribution in [-0.2, 0) is 4.79 Å². The minimum absolute atomic E-state index is 0. The van der Waals surface area contributed by atoms with Crippen LogP contribution in [-0.4, -0.2) is 11.8 Å². The van der Waals surface area contributed by atoms with Crippen molar-refractivity contribution >= 4 is 17.4 Å². The molecule has 0 aromatic heterocycles. The molecule has 1 aromatic rings. The van der Waals surface area contributed by atoms with Crippen molar-refractivity contribution in [1.82, 2.24) is 0 Å². The van der Waals surface area contributed by atoms with Crippen LogP contribution in [0, 0.1) is 13.8 Å². The first-order valence-electron chi connectivity index (χ1n) is 4.06. The SMILES string of the molecule is Cc1cc(N)c(C(=O)C(=O)[O-])cc1C.[K+]. The van der Waals surface area contributed by atoms with Gasteiger partial charge in [0.2, 0.25) is 5.78 Å². The number of benzene rings is 1. The number of aryl methyl sites for hydroxylation is 2. The number of hydrogen-bond donors (Lipinski definition) is 1. The van der Waals surface area contributed by atoms with Crippen molar-refractivity contribution in [2.24, 2.45) is 0 Å². The van der Waals surface area contributed by atoms with E-state index in [1.807, 2.05) is 6.92 Å². The Balaban J connectivity index is 0.00000196. The van der Waals surface area contributed by atoms with Crippen LogP contribution < -0.4 is 62.2 Å². The molecule has 0 heterocycles. The van der Waals surface area contributed by atoms with E-state index in [2.05, 4.69) is 0 Å². The molecule has 0 aliphatic carbocycles. The molecule has 0 radical (unpaired) electrons. The molecule has 0 bridgehead atoms. The zero-order chi connectivity index (χ0) is 10.9. The number of aliphatic carboxylic acids is 1. The van der Waals surface area contributed by atoms with Gasteiger partial charge >= 0.3 is 51.4 Å². The van der Waals surface area contributed by atoms with Crippen LogP contribution in [0.25, 0.3) is 0 Å². The summed E-state index contributed by atoms with van der Waals surface area (Å²) in [6.45, 7) is 3.61. The maximum Gasteiger partial charge on any atom is 1.00 e. The van der Waals surface area contributed by atoms with Crippen LogP contribution in [0.3, 0.4) is 0 Å². The van der Waals surface area contributed by atoms with E-state index in [0.717, 1.165) is 11.1 Å². The summed E-state index contributed by atoms with van der Waals surface area (Å²) in [4.78, 5) is 21.4. The summed E-state index contributed by atoms with van der Waals surface area (Å²) in [7, 11) is 0. The molecule has 4 nitrogen and oxygen atoms in total. The van der Waals surface area contributed by atoms with Gasteiger partial charge in [0.05, 0.1) is 0 Å². The number of carboxylic acids is 1.